The van der Waals surface area contributed by atoms with E-state index < -0.39 is 0 Å². The molecule has 0 atom stereocenters. The highest BCUT2D eigenvalue weighted by Gasteiger charge is 2.27. The molecule has 0 bridgehead atoms. The Balaban J connectivity index is 2.05. The van der Waals surface area contributed by atoms with Crippen molar-refractivity contribution in [2.24, 2.45) is 5.41 Å². The third-order valence-electron chi connectivity index (χ3n) is 3.88. The van der Waals surface area contributed by atoms with Gasteiger partial charge in [-0.3, -0.25) is 4.79 Å². The molecule has 1 aliphatic carbocycles. The number of hydrogen-bond acceptors (Lipinski definition) is 1. The highest BCUT2D eigenvalue weighted by molar-refractivity contribution is 5.74. The lowest BCUT2D eigenvalue weighted by atomic mass is 9.71. The van der Waals surface area contributed by atoms with E-state index in [9.17, 15) is 4.79 Å². The van der Waals surface area contributed by atoms with Crippen LogP contribution >= 0.6 is 0 Å². The van der Waals surface area contributed by atoms with Gasteiger partial charge in [0, 0.05) is 5.56 Å². The van der Waals surface area contributed by atoms with E-state index in [1.165, 1.54) is 31.2 Å². The fourth-order valence-electron chi connectivity index (χ4n) is 2.58. The Morgan fingerprint density at radius 2 is 1.69 bits per heavy atom. The van der Waals surface area contributed by atoms with Gasteiger partial charge in [0.15, 0.2) is 0 Å². The highest BCUT2D eigenvalue weighted by Crippen LogP contribution is 2.42. The Kier molecular flexibility index (Phi) is 3.13. The molecular formula is C15H20O. The van der Waals surface area contributed by atoms with Gasteiger partial charge in [-0.1, -0.05) is 38.1 Å². The summed E-state index contributed by atoms with van der Waals surface area (Å²) in [7, 11) is 0. The first-order valence-electron chi connectivity index (χ1n) is 6.16. The molecule has 1 fully saturated rings. The van der Waals surface area contributed by atoms with Crippen molar-refractivity contribution >= 4 is 6.29 Å². The van der Waals surface area contributed by atoms with Crippen LogP contribution in [0.4, 0.5) is 0 Å². The average molecular weight is 216 g/mol. The van der Waals surface area contributed by atoms with Gasteiger partial charge in [0.05, 0.1) is 0 Å². The Labute approximate surface area is 97.9 Å². The molecule has 0 aromatic heterocycles. The predicted molar refractivity (Wildman–Crippen MR) is 66.8 cm³/mol. The van der Waals surface area contributed by atoms with Gasteiger partial charge in [-0.2, -0.15) is 0 Å². The van der Waals surface area contributed by atoms with Gasteiger partial charge in [0.25, 0.3) is 0 Å². The van der Waals surface area contributed by atoms with E-state index in [-0.39, 0.29) is 0 Å². The Hall–Kier alpha value is -1.11. The first-order valence-corrected chi connectivity index (χ1v) is 6.16. The predicted octanol–water partition coefficient (Wildman–Crippen LogP) is 4.18. The van der Waals surface area contributed by atoms with Gasteiger partial charge in [0.1, 0.15) is 6.29 Å². The Bertz CT molecular complexity index is 352. The molecular weight excluding hydrogens is 196 g/mol. The highest BCUT2D eigenvalue weighted by atomic mass is 16.1. The van der Waals surface area contributed by atoms with E-state index in [1.807, 2.05) is 12.1 Å². The van der Waals surface area contributed by atoms with Crippen molar-refractivity contribution in [2.45, 2.75) is 45.4 Å². The number of carbonyl (C=O) groups excluding carboxylic acids is 1. The van der Waals surface area contributed by atoms with Crippen molar-refractivity contribution in [3.8, 4) is 0 Å². The molecule has 86 valence electrons. The van der Waals surface area contributed by atoms with E-state index in [0.29, 0.717) is 11.3 Å². The summed E-state index contributed by atoms with van der Waals surface area (Å²) < 4.78 is 0. The molecule has 2 rings (SSSR count). The van der Waals surface area contributed by atoms with Crippen LogP contribution in [0.2, 0.25) is 0 Å². The lowest BCUT2D eigenvalue weighted by molar-refractivity contribution is 0.112. The molecule has 0 radical (unpaired) electrons. The minimum absolute atomic E-state index is 0.527. The van der Waals surface area contributed by atoms with Gasteiger partial charge < -0.3 is 0 Å². The van der Waals surface area contributed by atoms with Gasteiger partial charge in [-0.15, -0.1) is 0 Å². The fourth-order valence-corrected chi connectivity index (χ4v) is 2.58. The Morgan fingerprint density at radius 3 is 2.19 bits per heavy atom. The summed E-state index contributed by atoms with van der Waals surface area (Å²) >= 11 is 0. The summed E-state index contributed by atoms with van der Waals surface area (Å²) in [5, 5.41) is 0. The lowest BCUT2D eigenvalue weighted by Crippen LogP contribution is -2.20. The van der Waals surface area contributed by atoms with Crippen molar-refractivity contribution in [3.63, 3.8) is 0 Å². The zero-order valence-corrected chi connectivity index (χ0v) is 10.2. The van der Waals surface area contributed by atoms with Crippen molar-refractivity contribution in [1.29, 1.82) is 0 Å². The molecule has 1 aromatic carbocycles. The fraction of sp³-hybridized carbons (Fsp3) is 0.533. The minimum Gasteiger partial charge on any atom is -0.298 e. The van der Waals surface area contributed by atoms with Crippen LogP contribution < -0.4 is 0 Å². The summed E-state index contributed by atoms with van der Waals surface area (Å²) in [6.07, 6.45) is 6.11. The quantitative estimate of drug-likeness (QED) is 0.678. The SMILES string of the molecule is CC1(C)CCC(c2ccc(C=O)cc2)CC1. The summed E-state index contributed by atoms with van der Waals surface area (Å²) in [5.41, 5.74) is 2.71. The van der Waals surface area contributed by atoms with Crippen molar-refractivity contribution in [2.75, 3.05) is 0 Å². The number of benzene rings is 1. The van der Waals surface area contributed by atoms with Crippen LogP contribution in [0, 0.1) is 5.41 Å². The molecule has 0 heterocycles. The molecule has 0 saturated heterocycles. The van der Waals surface area contributed by atoms with Gasteiger partial charge in [-0.25, -0.2) is 0 Å². The third kappa shape index (κ3) is 2.52. The monoisotopic (exact) mass is 216 g/mol. The molecule has 1 nitrogen and oxygen atoms in total. The topological polar surface area (TPSA) is 17.1 Å². The van der Waals surface area contributed by atoms with Crippen LogP contribution in [0.3, 0.4) is 0 Å². The van der Waals surface area contributed by atoms with Crippen LogP contribution in [0.15, 0.2) is 24.3 Å². The van der Waals surface area contributed by atoms with Gasteiger partial charge in [-0.05, 0) is 42.6 Å². The summed E-state index contributed by atoms with van der Waals surface area (Å²) in [6, 6.07) is 8.10. The van der Waals surface area contributed by atoms with Crippen LogP contribution in [0.1, 0.15) is 61.4 Å². The molecule has 16 heavy (non-hydrogen) atoms. The zero-order chi connectivity index (χ0) is 11.6. The second-order valence-electron chi connectivity index (χ2n) is 5.72. The van der Waals surface area contributed by atoms with Crippen LogP contribution in [0.5, 0.6) is 0 Å². The summed E-state index contributed by atoms with van der Waals surface area (Å²) in [4.78, 5) is 10.6. The zero-order valence-electron chi connectivity index (χ0n) is 10.2. The second-order valence-corrected chi connectivity index (χ2v) is 5.72. The normalized spacial score (nSPS) is 20.6. The maximum Gasteiger partial charge on any atom is 0.150 e. The minimum atomic E-state index is 0.527. The van der Waals surface area contributed by atoms with Crippen molar-refractivity contribution < 1.29 is 4.79 Å². The molecule has 1 aromatic rings. The molecule has 1 saturated carbocycles. The third-order valence-corrected chi connectivity index (χ3v) is 3.88. The summed E-state index contributed by atoms with van der Waals surface area (Å²) in [5.74, 6) is 0.703. The number of aldehydes is 1. The van der Waals surface area contributed by atoms with Crippen molar-refractivity contribution in [1.82, 2.24) is 0 Å². The number of rotatable bonds is 2. The summed E-state index contributed by atoms with van der Waals surface area (Å²) in [6.45, 7) is 4.72. The maximum absolute atomic E-state index is 10.6. The molecule has 1 aliphatic rings. The molecule has 0 aliphatic heterocycles. The molecule has 0 spiro atoms. The largest absolute Gasteiger partial charge is 0.298 e. The van der Waals surface area contributed by atoms with Crippen LogP contribution in [-0.2, 0) is 0 Å². The van der Waals surface area contributed by atoms with Gasteiger partial charge >= 0.3 is 0 Å². The van der Waals surface area contributed by atoms with E-state index in [1.54, 1.807) is 0 Å². The van der Waals surface area contributed by atoms with E-state index in [2.05, 4.69) is 26.0 Å². The first-order chi connectivity index (χ1) is 7.61. The average Bonchev–Trinajstić information content (AvgIpc) is 2.29. The van der Waals surface area contributed by atoms with Crippen LogP contribution in [0.25, 0.3) is 0 Å². The van der Waals surface area contributed by atoms with E-state index >= 15 is 0 Å². The molecule has 0 N–H and O–H groups in total. The standard InChI is InChI=1S/C15H20O/c1-15(2)9-7-14(8-10-15)13-5-3-12(11-16)4-6-13/h3-6,11,14H,7-10H2,1-2H3. The van der Waals surface area contributed by atoms with E-state index in [0.717, 1.165) is 11.8 Å². The second kappa shape index (κ2) is 4.40. The number of carbonyl (C=O) groups is 1. The first kappa shape index (κ1) is 11.4. The molecule has 0 unspecified atom stereocenters. The number of hydrogen-bond donors (Lipinski definition) is 0. The smallest absolute Gasteiger partial charge is 0.150 e. The van der Waals surface area contributed by atoms with Crippen molar-refractivity contribution in [3.05, 3.63) is 35.4 Å². The van der Waals surface area contributed by atoms with Crippen LogP contribution in [-0.4, -0.2) is 6.29 Å². The van der Waals surface area contributed by atoms with Gasteiger partial charge in [0.2, 0.25) is 0 Å². The maximum atomic E-state index is 10.6. The van der Waals surface area contributed by atoms with E-state index in [4.69, 9.17) is 0 Å². The lowest BCUT2D eigenvalue weighted by Gasteiger charge is -2.34. The Morgan fingerprint density at radius 1 is 1.12 bits per heavy atom. The molecule has 1 heteroatoms. The molecule has 0 amide bonds.